The summed E-state index contributed by atoms with van der Waals surface area (Å²) in [5, 5.41) is 12.2. The average molecular weight is 247 g/mol. The summed E-state index contributed by atoms with van der Waals surface area (Å²) >= 11 is 0. The zero-order chi connectivity index (χ0) is 13.7. The zero-order valence-corrected chi connectivity index (χ0v) is 11.7. The first-order valence-electron chi connectivity index (χ1n) is 6.09. The van der Waals surface area contributed by atoms with Crippen LogP contribution in [-0.4, -0.2) is 41.5 Å². The van der Waals surface area contributed by atoms with E-state index in [1.165, 1.54) is 0 Å². The van der Waals surface area contributed by atoms with Crippen LogP contribution in [0.25, 0.3) is 0 Å². The van der Waals surface area contributed by atoms with Gasteiger partial charge in [-0.25, -0.2) is 9.97 Å². The summed E-state index contributed by atoms with van der Waals surface area (Å²) in [6.45, 7) is 7.07. The fourth-order valence-electron chi connectivity index (χ4n) is 1.67. The molecule has 0 aliphatic rings. The Morgan fingerprint density at radius 2 is 2.06 bits per heavy atom. The topological polar surface area (TPSA) is 64.8 Å². The first kappa shape index (κ1) is 14.4. The molecule has 0 aliphatic heterocycles. The lowest BCUT2D eigenvalue weighted by Crippen LogP contribution is -2.37. The summed E-state index contributed by atoms with van der Waals surface area (Å²) in [7, 11) is 4.07. The first-order valence-corrected chi connectivity index (χ1v) is 6.09. The molecule has 0 spiro atoms. The maximum absolute atomic E-state index is 8.90. The monoisotopic (exact) mass is 247 g/mol. The van der Waals surface area contributed by atoms with Crippen LogP contribution in [0.15, 0.2) is 6.07 Å². The standard InChI is InChI=1S/C13H21N5/c1-9(2)12(8-18(4)5)17-13-15-10(3)6-11(7-14)16-13/h6,9,12H,8H2,1-5H3,(H,15,16,17). The highest BCUT2D eigenvalue weighted by atomic mass is 15.2. The third kappa shape index (κ3) is 4.30. The van der Waals surface area contributed by atoms with E-state index in [0.717, 1.165) is 12.2 Å². The SMILES string of the molecule is Cc1cc(C#N)nc(NC(CN(C)C)C(C)C)n1. The number of nitrogens with zero attached hydrogens (tertiary/aromatic N) is 4. The number of rotatable bonds is 5. The normalized spacial score (nSPS) is 12.6. The van der Waals surface area contributed by atoms with Gasteiger partial charge in [-0.3, -0.25) is 0 Å². The second kappa shape index (κ2) is 6.31. The van der Waals surface area contributed by atoms with Crippen LogP contribution in [0.3, 0.4) is 0 Å². The molecule has 98 valence electrons. The fourth-order valence-corrected chi connectivity index (χ4v) is 1.67. The molecular weight excluding hydrogens is 226 g/mol. The minimum Gasteiger partial charge on any atom is -0.350 e. The Kier molecular flexibility index (Phi) is 5.05. The van der Waals surface area contributed by atoms with Crippen molar-refractivity contribution in [3.05, 3.63) is 17.5 Å². The molecule has 0 aliphatic carbocycles. The molecule has 1 rings (SSSR count). The third-order valence-electron chi connectivity index (χ3n) is 2.65. The molecule has 0 aromatic carbocycles. The van der Waals surface area contributed by atoms with Crippen molar-refractivity contribution in [2.45, 2.75) is 26.8 Å². The molecule has 1 aromatic heterocycles. The van der Waals surface area contributed by atoms with Crippen molar-refractivity contribution in [2.24, 2.45) is 5.92 Å². The third-order valence-corrected chi connectivity index (χ3v) is 2.65. The molecule has 1 aromatic rings. The molecule has 18 heavy (non-hydrogen) atoms. The Hall–Kier alpha value is -1.67. The van der Waals surface area contributed by atoms with Crippen molar-refractivity contribution >= 4 is 5.95 Å². The summed E-state index contributed by atoms with van der Waals surface area (Å²) < 4.78 is 0. The van der Waals surface area contributed by atoms with Gasteiger partial charge in [0.25, 0.3) is 0 Å². The number of anilines is 1. The molecule has 0 bridgehead atoms. The Labute approximate surface area is 109 Å². The summed E-state index contributed by atoms with van der Waals surface area (Å²) in [6.07, 6.45) is 0. The number of hydrogen-bond donors (Lipinski definition) is 1. The molecule has 1 unspecified atom stereocenters. The van der Waals surface area contributed by atoms with Crippen molar-refractivity contribution in [1.82, 2.24) is 14.9 Å². The van der Waals surface area contributed by atoms with Crippen LogP contribution < -0.4 is 5.32 Å². The van der Waals surface area contributed by atoms with Crippen molar-refractivity contribution in [3.8, 4) is 6.07 Å². The van der Waals surface area contributed by atoms with E-state index >= 15 is 0 Å². The van der Waals surface area contributed by atoms with E-state index in [0.29, 0.717) is 17.6 Å². The van der Waals surface area contributed by atoms with E-state index in [1.54, 1.807) is 6.07 Å². The van der Waals surface area contributed by atoms with E-state index in [9.17, 15) is 0 Å². The van der Waals surface area contributed by atoms with Crippen LogP contribution in [0.4, 0.5) is 5.95 Å². The average Bonchev–Trinajstić information content (AvgIpc) is 2.26. The van der Waals surface area contributed by atoms with Crippen LogP contribution in [0, 0.1) is 24.2 Å². The lowest BCUT2D eigenvalue weighted by molar-refractivity contribution is 0.343. The maximum Gasteiger partial charge on any atom is 0.224 e. The molecule has 0 fully saturated rings. The first-order chi connectivity index (χ1) is 8.42. The van der Waals surface area contributed by atoms with Gasteiger partial charge in [-0.05, 0) is 33.0 Å². The Balaban J connectivity index is 2.87. The predicted molar refractivity (Wildman–Crippen MR) is 72.3 cm³/mol. The quantitative estimate of drug-likeness (QED) is 0.857. The lowest BCUT2D eigenvalue weighted by Gasteiger charge is -2.25. The van der Waals surface area contributed by atoms with Gasteiger partial charge in [0.05, 0.1) is 0 Å². The largest absolute Gasteiger partial charge is 0.350 e. The van der Waals surface area contributed by atoms with Crippen molar-refractivity contribution in [3.63, 3.8) is 0 Å². The second-order valence-corrected chi connectivity index (χ2v) is 5.09. The van der Waals surface area contributed by atoms with Crippen LogP contribution in [0.5, 0.6) is 0 Å². The smallest absolute Gasteiger partial charge is 0.224 e. The van der Waals surface area contributed by atoms with E-state index in [-0.39, 0.29) is 6.04 Å². The van der Waals surface area contributed by atoms with Gasteiger partial charge in [-0.15, -0.1) is 0 Å². The van der Waals surface area contributed by atoms with E-state index < -0.39 is 0 Å². The number of nitrogens with one attached hydrogen (secondary N) is 1. The van der Waals surface area contributed by atoms with Gasteiger partial charge >= 0.3 is 0 Å². The summed E-state index contributed by atoms with van der Waals surface area (Å²) in [5.41, 5.74) is 1.20. The number of aromatic nitrogens is 2. The van der Waals surface area contributed by atoms with Crippen LogP contribution in [-0.2, 0) is 0 Å². The minimum atomic E-state index is 0.258. The Morgan fingerprint density at radius 1 is 1.39 bits per heavy atom. The maximum atomic E-state index is 8.90. The zero-order valence-electron chi connectivity index (χ0n) is 11.7. The van der Waals surface area contributed by atoms with Gasteiger partial charge in [-0.2, -0.15) is 5.26 Å². The van der Waals surface area contributed by atoms with E-state index in [4.69, 9.17) is 5.26 Å². The highest BCUT2D eigenvalue weighted by Crippen LogP contribution is 2.11. The highest BCUT2D eigenvalue weighted by Gasteiger charge is 2.15. The molecule has 5 nitrogen and oxygen atoms in total. The van der Waals surface area contributed by atoms with E-state index in [2.05, 4.69) is 34.0 Å². The van der Waals surface area contributed by atoms with E-state index in [1.807, 2.05) is 27.1 Å². The molecule has 0 saturated carbocycles. The van der Waals surface area contributed by atoms with Crippen LogP contribution >= 0.6 is 0 Å². The lowest BCUT2D eigenvalue weighted by atomic mass is 10.0. The number of nitriles is 1. The summed E-state index contributed by atoms with van der Waals surface area (Å²) in [6, 6.07) is 3.99. The molecule has 5 heteroatoms. The van der Waals surface area contributed by atoms with Gasteiger partial charge in [0.2, 0.25) is 5.95 Å². The Morgan fingerprint density at radius 3 is 2.56 bits per heavy atom. The Bertz CT molecular complexity index is 433. The van der Waals surface area contributed by atoms with Gasteiger partial charge in [0.1, 0.15) is 11.8 Å². The number of hydrogen-bond acceptors (Lipinski definition) is 5. The molecule has 1 N–H and O–H groups in total. The molecular formula is C13H21N5. The number of aryl methyl sites for hydroxylation is 1. The van der Waals surface area contributed by atoms with Crippen molar-refractivity contribution in [2.75, 3.05) is 26.0 Å². The van der Waals surface area contributed by atoms with Gasteiger partial charge in [-0.1, -0.05) is 13.8 Å². The van der Waals surface area contributed by atoms with Crippen molar-refractivity contribution < 1.29 is 0 Å². The molecule has 0 radical (unpaired) electrons. The summed E-state index contributed by atoms with van der Waals surface area (Å²) in [4.78, 5) is 10.6. The van der Waals surface area contributed by atoms with Crippen molar-refractivity contribution in [1.29, 1.82) is 5.26 Å². The molecule has 1 atom stereocenters. The molecule has 1 heterocycles. The van der Waals surface area contributed by atoms with Gasteiger partial charge in [0.15, 0.2) is 0 Å². The highest BCUT2D eigenvalue weighted by molar-refractivity contribution is 5.34. The van der Waals surface area contributed by atoms with Crippen LogP contribution in [0.2, 0.25) is 0 Å². The van der Waals surface area contributed by atoms with Crippen LogP contribution in [0.1, 0.15) is 25.2 Å². The number of likely N-dealkylation sites (N-methyl/N-ethyl adjacent to an activating group) is 1. The fraction of sp³-hybridized carbons (Fsp3) is 0.615. The second-order valence-electron chi connectivity index (χ2n) is 5.09. The predicted octanol–water partition coefficient (Wildman–Crippen LogP) is 1.65. The van der Waals surface area contributed by atoms with Gasteiger partial charge in [0, 0.05) is 18.3 Å². The van der Waals surface area contributed by atoms with Gasteiger partial charge < -0.3 is 10.2 Å². The molecule has 0 amide bonds. The minimum absolute atomic E-state index is 0.258. The summed E-state index contributed by atoms with van der Waals surface area (Å²) in [5.74, 6) is 0.995. The molecule has 0 saturated heterocycles.